The lowest BCUT2D eigenvalue weighted by molar-refractivity contribution is -0.870. The summed E-state index contributed by atoms with van der Waals surface area (Å²) in [6.45, 7) is 4.60. The van der Waals surface area contributed by atoms with Gasteiger partial charge in [0.15, 0.2) is 0 Å². The molecule has 3 atom stereocenters. The van der Waals surface area contributed by atoms with Gasteiger partial charge in [0.25, 0.3) is 7.82 Å². The van der Waals surface area contributed by atoms with Crippen molar-refractivity contribution in [1.29, 1.82) is 0 Å². The summed E-state index contributed by atoms with van der Waals surface area (Å²) >= 11 is 0. The van der Waals surface area contributed by atoms with Crippen LogP contribution in [0.25, 0.3) is 0 Å². The van der Waals surface area contributed by atoms with Gasteiger partial charge in [0.05, 0.1) is 39.9 Å². The smallest absolute Gasteiger partial charge is 0.268 e. The quantitative estimate of drug-likeness (QED) is 0.0274. The van der Waals surface area contributed by atoms with Gasteiger partial charge in [-0.1, -0.05) is 184 Å². The van der Waals surface area contributed by atoms with E-state index in [1.165, 1.54) is 128 Å². The molecule has 0 aromatic heterocycles. The van der Waals surface area contributed by atoms with E-state index < -0.39 is 26.6 Å². The number of likely N-dealkylation sites (N-methyl/N-ethyl adjacent to an activating group) is 1. The Hall–Kier alpha value is -1.54. The second kappa shape index (κ2) is 40.8. The predicted molar refractivity (Wildman–Crippen MR) is 247 cm³/mol. The van der Waals surface area contributed by atoms with E-state index in [2.05, 4.69) is 55.6 Å². The highest BCUT2D eigenvalue weighted by Gasteiger charge is 2.23. The molecule has 0 radical (unpaired) electrons. The minimum atomic E-state index is -4.60. The summed E-state index contributed by atoms with van der Waals surface area (Å²) in [4.78, 5) is 25.3. The van der Waals surface area contributed by atoms with Gasteiger partial charge in [0.2, 0.25) is 5.91 Å². The maximum Gasteiger partial charge on any atom is 0.268 e. The van der Waals surface area contributed by atoms with Crippen molar-refractivity contribution in [1.82, 2.24) is 5.32 Å². The van der Waals surface area contributed by atoms with Crippen molar-refractivity contribution in [3.8, 4) is 0 Å². The van der Waals surface area contributed by atoms with E-state index in [1.54, 1.807) is 6.08 Å². The zero-order chi connectivity index (χ0) is 42.8. The average molecular weight is 837 g/mol. The number of aliphatic hydroxyl groups is 1. The lowest BCUT2D eigenvalue weighted by atomic mass is 10.1. The van der Waals surface area contributed by atoms with Gasteiger partial charge in [-0.3, -0.25) is 9.36 Å². The number of hydrogen-bond acceptors (Lipinski definition) is 6. The van der Waals surface area contributed by atoms with Gasteiger partial charge in [0, 0.05) is 6.42 Å². The summed E-state index contributed by atoms with van der Waals surface area (Å²) in [6, 6.07) is -0.907. The van der Waals surface area contributed by atoms with Crippen LogP contribution in [0.2, 0.25) is 0 Å². The number of quaternary nitrogens is 1. The fourth-order valence-corrected chi connectivity index (χ4v) is 7.39. The number of rotatable bonds is 43. The Morgan fingerprint density at radius 2 is 1.02 bits per heavy atom. The largest absolute Gasteiger partial charge is 0.756 e. The molecule has 0 rings (SSSR count). The maximum atomic E-state index is 12.9. The summed E-state index contributed by atoms with van der Waals surface area (Å²) < 4.78 is 23.2. The van der Waals surface area contributed by atoms with E-state index in [-0.39, 0.29) is 12.5 Å². The third-order valence-corrected chi connectivity index (χ3v) is 11.5. The number of allylic oxidation sites excluding steroid dienone is 7. The molecule has 0 aromatic carbocycles. The maximum absolute atomic E-state index is 12.9. The minimum Gasteiger partial charge on any atom is -0.756 e. The van der Waals surface area contributed by atoms with E-state index in [1.807, 2.05) is 27.2 Å². The molecular formula is C49H93N2O6P. The first-order chi connectivity index (χ1) is 28.0. The molecule has 2 N–H and O–H groups in total. The first kappa shape index (κ1) is 56.5. The van der Waals surface area contributed by atoms with Crippen LogP contribution in [-0.2, 0) is 18.4 Å². The summed E-state index contributed by atoms with van der Waals surface area (Å²) in [5.74, 6) is -0.217. The number of aliphatic hydroxyl groups excluding tert-OH is 1. The number of phosphoric ester groups is 1. The number of carbonyl (C=O) groups is 1. The van der Waals surface area contributed by atoms with Crippen LogP contribution >= 0.6 is 7.82 Å². The van der Waals surface area contributed by atoms with Crippen LogP contribution in [0.1, 0.15) is 206 Å². The first-order valence-electron chi connectivity index (χ1n) is 24.0. The molecule has 340 valence electrons. The molecule has 3 unspecified atom stereocenters. The molecule has 0 saturated heterocycles. The number of phosphoric acid groups is 1. The topological polar surface area (TPSA) is 108 Å². The summed E-state index contributed by atoms with van der Waals surface area (Å²) in [7, 11) is 1.23. The Kier molecular flexibility index (Phi) is 39.8. The molecule has 0 bridgehead atoms. The molecule has 0 aliphatic carbocycles. The first-order valence-corrected chi connectivity index (χ1v) is 25.5. The molecule has 9 heteroatoms. The van der Waals surface area contributed by atoms with Crippen molar-refractivity contribution < 1.29 is 32.9 Å². The van der Waals surface area contributed by atoms with Crippen LogP contribution in [-0.4, -0.2) is 68.5 Å². The normalized spacial score (nSPS) is 14.7. The average Bonchev–Trinajstić information content (AvgIpc) is 3.17. The monoisotopic (exact) mass is 837 g/mol. The number of nitrogens with zero attached hydrogens (tertiary/aromatic N) is 1. The number of carbonyl (C=O) groups excluding carboxylic acids is 1. The van der Waals surface area contributed by atoms with Crippen LogP contribution < -0.4 is 10.2 Å². The molecule has 58 heavy (non-hydrogen) atoms. The fraction of sp³-hybridized carbons (Fsp3) is 0.816. The number of amides is 1. The van der Waals surface area contributed by atoms with Gasteiger partial charge in [-0.25, -0.2) is 0 Å². The standard InChI is InChI=1S/C49H93N2O6P/c1-6-8-10-12-14-16-18-20-21-22-23-24-25-26-27-28-29-31-33-35-37-39-41-43-49(53)50-47(46-57-58(54,55)56-45-44-51(3,4)5)48(52)42-40-38-36-34-32-30-19-17-15-13-11-9-7-2/h23-24,26-27,32,34,40,42,47-48,52H,6-22,25,28-31,33,35-39,41,43-46H2,1-5H3,(H-,50,53,54,55)/b24-23-,27-26-,34-32+,42-40+. The van der Waals surface area contributed by atoms with Crippen LogP contribution in [0.4, 0.5) is 0 Å². The Bertz CT molecular complexity index is 1090. The van der Waals surface area contributed by atoms with Crippen molar-refractivity contribution in [2.24, 2.45) is 0 Å². The number of unbranched alkanes of at least 4 members (excludes halogenated alkanes) is 24. The molecule has 0 saturated carbocycles. The van der Waals surface area contributed by atoms with Gasteiger partial charge in [-0.2, -0.15) is 0 Å². The SMILES string of the molecule is CCCCCCCCC/C=C/CC/C=C/C(O)C(COP(=O)([O-])OCC[N+](C)(C)C)NC(=O)CCCCCCCCC/C=C\C/C=C\CCCCCCCCCCC. The third kappa shape index (κ3) is 42.6. The lowest BCUT2D eigenvalue weighted by Gasteiger charge is -2.29. The second-order valence-electron chi connectivity index (χ2n) is 17.5. The van der Waals surface area contributed by atoms with Gasteiger partial charge in [-0.15, -0.1) is 0 Å². The Balaban J connectivity index is 4.34. The molecule has 0 heterocycles. The van der Waals surface area contributed by atoms with Crippen molar-refractivity contribution in [3.05, 3.63) is 48.6 Å². The summed E-state index contributed by atoms with van der Waals surface area (Å²) in [6.07, 6.45) is 51.7. The fourth-order valence-electron chi connectivity index (χ4n) is 6.67. The van der Waals surface area contributed by atoms with Gasteiger partial charge < -0.3 is 28.8 Å². The van der Waals surface area contributed by atoms with E-state index in [0.717, 1.165) is 57.8 Å². The van der Waals surface area contributed by atoms with E-state index in [4.69, 9.17) is 9.05 Å². The molecule has 0 aliphatic heterocycles. The zero-order valence-corrected chi connectivity index (χ0v) is 39.4. The minimum absolute atomic E-state index is 0.00929. The van der Waals surface area contributed by atoms with Crippen molar-refractivity contribution in [3.63, 3.8) is 0 Å². The van der Waals surface area contributed by atoms with Crippen molar-refractivity contribution in [2.75, 3.05) is 40.9 Å². The van der Waals surface area contributed by atoms with Crippen LogP contribution in [0, 0.1) is 0 Å². The molecule has 1 amide bonds. The molecule has 0 spiro atoms. The van der Waals surface area contributed by atoms with Crippen LogP contribution in [0.3, 0.4) is 0 Å². The van der Waals surface area contributed by atoms with Gasteiger partial charge in [-0.05, 0) is 64.2 Å². The lowest BCUT2D eigenvalue weighted by Crippen LogP contribution is -2.45. The molecule has 0 aromatic rings. The van der Waals surface area contributed by atoms with Gasteiger partial charge >= 0.3 is 0 Å². The predicted octanol–water partition coefficient (Wildman–Crippen LogP) is 13.0. The highest BCUT2D eigenvalue weighted by molar-refractivity contribution is 7.45. The Labute approximate surface area is 359 Å². The molecule has 8 nitrogen and oxygen atoms in total. The third-order valence-electron chi connectivity index (χ3n) is 10.5. The summed E-state index contributed by atoms with van der Waals surface area (Å²) in [5, 5.41) is 13.8. The zero-order valence-electron chi connectivity index (χ0n) is 38.5. The van der Waals surface area contributed by atoms with Crippen LogP contribution in [0.5, 0.6) is 0 Å². The van der Waals surface area contributed by atoms with Crippen molar-refractivity contribution >= 4 is 13.7 Å². The number of nitrogens with one attached hydrogen (secondary N) is 1. The number of hydrogen-bond donors (Lipinski definition) is 2. The molecule has 0 aliphatic rings. The van der Waals surface area contributed by atoms with Gasteiger partial charge in [0.1, 0.15) is 13.2 Å². The van der Waals surface area contributed by atoms with Crippen LogP contribution in [0.15, 0.2) is 48.6 Å². The van der Waals surface area contributed by atoms with E-state index >= 15 is 0 Å². The summed E-state index contributed by atoms with van der Waals surface area (Å²) in [5.41, 5.74) is 0. The second-order valence-corrected chi connectivity index (χ2v) is 18.9. The Morgan fingerprint density at radius 3 is 1.50 bits per heavy atom. The van der Waals surface area contributed by atoms with E-state index in [0.29, 0.717) is 17.4 Å². The molecular weight excluding hydrogens is 744 g/mol. The van der Waals surface area contributed by atoms with Crippen molar-refractivity contribution in [2.45, 2.75) is 219 Å². The van der Waals surface area contributed by atoms with E-state index in [9.17, 15) is 19.4 Å². The highest BCUT2D eigenvalue weighted by Crippen LogP contribution is 2.38. The molecule has 0 fully saturated rings. The highest BCUT2D eigenvalue weighted by atomic mass is 31.2. The Morgan fingerprint density at radius 1 is 0.603 bits per heavy atom.